The molecule has 0 aromatic carbocycles. The average molecular weight is 428 g/mol. The largest absolute Gasteiger partial charge is 0.377 e. The highest BCUT2D eigenvalue weighted by Crippen LogP contribution is 2.28. The van der Waals surface area contributed by atoms with Gasteiger partial charge in [-0.15, -0.1) is 0 Å². The summed E-state index contributed by atoms with van der Waals surface area (Å²) < 4.78 is 29.7. The fraction of sp³-hybridized carbons (Fsp3) is 0.409. The molecular formula is C22H27N4O3S. The number of fused-ring (bicyclic) bond motifs is 1. The highest BCUT2D eigenvalue weighted by atomic mass is 32.2. The number of rotatable bonds is 5. The van der Waals surface area contributed by atoms with Gasteiger partial charge in [0.15, 0.2) is 9.84 Å². The highest BCUT2D eigenvalue weighted by Gasteiger charge is 2.27. The van der Waals surface area contributed by atoms with Crippen LogP contribution >= 0.6 is 0 Å². The fourth-order valence-corrected chi connectivity index (χ4v) is 4.67. The van der Waals surface area contributed by atoms with Crippen molar-refractivity contribution in [3.8, 4) is 11.4 Å². The van der Waals surface area contributed by atoms with Crippen molar-refractivity contribution in [1.29, 1.82) is 0 Å². The fourth-order valence-electron chi connectivity index (χ4n) is 3.90. The van der Waals surface area contributed by atoms with Crippen LogP contribution in [0.15, 0.2) is 30.3 Å². The van der Waals surface area contributed by atoms with E-state index in [1.807, 2.05) is 30.3 Å². The summed E-state index contributed by atoms with van der Waals surface area (Å²) in [6.07, 6.45) is 1.25. The zero-order chi connectivity index (χ0) is 21.5. The number of nitrogens with zero attached hydrogens (tertiary/aromatic N) is 3. The quantitative estimate of drug-likeness (QED) is 0.673. The number of pyridine rings is 2. The Bertz CT molecular complexity index is 1170. The molecule has 3 aromatic rings. The van der Waals surface area contributed by atoms with Gasteiger partial charge in [0.2, 0.25) is 0 Å². The lowest BCUT2D eigenvalue weighted by Crippen LogP contribution is -2.48. The van der Waals surface area contributed by atoms with Gasteiger partial charge in [0, 0.05) is 18.5 Å². The zero-order valence-electron chi connectivity index (χ0n) is 17.6. The summed E-state index contributed by atoms with van der Waals surface area (Å²) in [5.74, 6) is 1.10. The third-order valence-electron chi connectivity index (χ3n) is 5.32. The first kappa shape index (κ1) is 20.8. The summed E-state index contributed by atoms with van der Waals surface area (Å²) in [4.78, 5) is 15.0. The molecule has 30 heavy (non-hydrogen) atoms. The van der Waals surface area contributed by atoms with E-state index in [0.29, 0.717) is 42.6 Å². The van der Waals surface area contributed by atoms with Crippen LogP contribution in [-0.2, 0) is 20.3 Å². The summed E-state index contributed by atoms with van der Waals surface area (Å²) in [6, 6.07) is 9.62. The normalized spacial score (nSPS) is 17.8. The standard InChI is InChI=1S/C22H27N4O3S/c1-14(2)21-12-29-8-7-26(21)22-11-16(13-30(4,27)28)10-20(25-22)18-6-5-17-19(24-18)9-15(3)23-17/h5-6,9-11,14,21,23H,3,7-8,12-13H2,1-2,4H3. The first-order valence-corrected chi connectivity index (χ1v) is 12.1. The lowest BCUT2D eigenvalue weighted by molar-refractivity contribution is 0.0802. The second kappa shape index (κ2) is 8.00. The topological polar surface area (TPSA) is 88.2 Å². The van der Waals surface area contributed by atoms with Crippen LogP contribution < -0.4 is 4.90 Å². The monoisotopic (exact) mass is 427 g/mol. The van der Waals surface area contributed by atoms with Crippen LogP contribution in [0.4, 0.5) is 5.82 Å². The Morgan fingerprint density at radius 1 is 1.23 bits per heavy atom. The van der Waals surface area contributed by atoms with Gasteiger partial charge in [0.05, 0.1) is 47.4 Å². The zero-order valence-corrected chi connectivity index (χ0v) is 18.4. The van der Waals surface area contributed by atoms with E-state index in [0.717, 1.165) is 22.5 Å². The van der Waals surface area contributed by atoms with Gasteiger partial charge in [0.1, 0.15) is 5.82 Å². The molecule has 4 heterocycles. The van der Waals surface area contributed by atoms with Crippen LogP contribution in [0.3, 0.4) is 0 Å². The first-order valence-electron chi connectivity index (χ1n) is 10.0. The minimum atomic E-state index is -3.19. The van der Waals surface area contributed by atoms with Gasteiger partial charge in [-0.2, -0.15) is 0 Å². The summed E-state index contributed by atoms with van der Waals surface area (Å²) in [7, 11) is -3.19. The number of aromatic amines is 1. The van der Waals surface area contributed by atoms with Crippen molar-refractivity contribution in [2.45, 2.75) is 25.6 Å². The Balaban J connectivity index is 1.82. The minimum absolute atomic E-state index is 0.0400. The number of hydrogen-bond donors (Lipinski definition) is 1. The lowest BCUT2D eigenvalue weighted by Gasteiger charge is -2.39. The Morgan fingerprint density at radius 2 is 2.03 bits per heavy atom. The maximum atomic E-state index is 12.0. The number of morpholine rings is 1. The van der Waals surface area contributed by atoms with Crippen LogP contribution in [-0.4, -0.2) is 55.4 Å². The van der Waals surface area contributed by atoms with E-state index in [4.69, 9.17) is 14.7 Å². The molecule has 3 aromatic heterocycles. The molecule has 0 aliphatic carbocycles. The van der Waals surface area contributed by atoms with E-state index >= 15 is 0 Å². The summed E-state index contributed by atoms with van der Waals surface area (Å²) in [5, 5.41) is 0. The number of nitrogens with one attached hydrogen (secondary N) is 1. The summed E-state index contributed by atoms with van der Waals surface area (Å²) in [6.45, 7) is 10.2. The van der Waals surface area contributed by atoms with Gasteiger partial charge in [-0.1, -0.05) is 13.8 Å². The SMILES string of the molecule is [CH2]c1cc2nc(-c3cc(CS(C)(=O)=O)cc(N4CCOCC4C(C)C)n3)ccc2[nH]1. The molecule has 0 saturated carbocycles. The average Bonchev–Trinajstić information content (AvgIpc) is 3.05. The predicted molar refractivity (Wildman–Crippen MR) is 119 cm³/mol. The number of ether oxygens (including phenoxy) is 1. The minimum Gasteiger partial charge on any atom is -0.377 e. The van der Waals surface area contributed by atoms with Crippen LogP contribution in [0, 0.1) is 12.8 Å². The van der Waals surface area contributed by atoms with Crippen molar-refractivity contribution < 1.29 is 13.2 Å². The second-order valence-corrected chi connectivity index (χ2v) is 10.4. The van der Waals surface area contributed by atoms with Crippen LogP contribution in [0.1, 0.15) is 25.1 Å². The molecule has 1 aliphatic heterocycles. The molecule has 1 saturated heterocycles. The molecular weight excluding hydrogens is 400 g/mol. The molecule has 1 radical (unpaired) electrons. The summed E-state index contributed by atoms with van der Waals surface area (Å²) in [5.41, 5.74) is 4.58. The van der Waals surface area contributed by atoms with E-state index in [1.165, 1.54) is 6.26 Å². The van der Waals surface area contributed by atoms with Crippen LogP contribution in [0.2, 0.25) is 0 Å². The molecule has 159 valence electrons. The number of sulfone groups is 1. The van der Waals surface area contributed by atoms with Gasteiger partial charge in [-0.05, 0) is 48.7 Å². The Morgan fingerprint density at radius 3 is 2.77 bits per heavy atom. The molecule has 7 nitrogen and oxygen atoms in total. The second-order valence-electron chi connectivity index (χ2n) is 8.29. The van der Waals surface area contributed by atoms with Crippen molar-refractivity contribution >= 4 is 26.7 Å². The maximum absolute atomic E-state index is 12.0. The van der Waals surface area contributed by atoms with Crippen molar-refractivity contribution in [2.24, 2.45) is 5.92 Å². The molecule has 1 aliphatic rings. The van der Waals surface area contributed by atoms with E-state index in [9.17, 15) is 8.42 Å². The number of hydrogen-bond acceptors (Lipinski definition) is 6. The van der Waals surface area contributed by atoms with Crippen molar-refractivity contribution in [3.63, 3.8) is 0 Å². The van der Waals surface area contributed by atoms with Crippen LogP contribution in [0.25, 0.3) is 22.4 Å². The number of aromatic nitrogens is 3. The first-order chi connectivity index (χ1) is 14.2. The predicted octanol–water partition coefficient (Wildman–Crippen LogP) is 3.21. The maximum Gasteiger partial charge on any atom is 0.151 e. The third-order valence-corrected chi connectivity index (χ3v) is 6.18. The van der Waals surface area contributed by atoms with Gasteiger partial charge < -0.3 is 14.6 Å². The van der Waals surface area contributed by atoms with E-state index in [1.54, 1.807) is 0 Å². The van der Waals surface area contributed by atoms with Crippen molar-refractivity contribution in [2.75, 3.05) is 30.9 Å². The highest BCUT2D eigenvalue weighted by molar-refractivity contribution is 7.89. The van der Waals surface area contributed by atoms with Gasteiger partial charge >= 0.3 is 0 Å². The molecule has 4 rings (SSSR count). The molecule has 0 spiro atoms. The number of anilines is 1. The van der Waals surface area contributed by atoms with E-state index in [-0.39, 0.29) is 11.8 Å². The molecule has 1 atom stereocenters. The van der Waals surface area contributed by atoms with Crippen molar-refractivity contribution in [3.05, 3.63) is 48.5 Å². The van der Waals surface area contributed by atoms with Gasteiger partial charge in [-0.3, -0.25) is 0 Å². The third kappa shape index (κ3) is 4.49. The molecule has 1 unspecified atom stereocenters. The molecule has 1 N–H and O–H groups in total. The molecule has 1 fully saturated rings. The Hall–Kier alpha value is -2.45. The van der Waals surface area contributed by atoms with Crippen molar-refractivity contribution in [1.82, 2.24) is 15.0 Å². The Kier molecular flexibility index (Phi) is 5.55. The molecule has 8 heteroatoms. The smallest absolute Gasteiger partial charge is 0.151 e. The van der Waals surface area contributed by atoms with Gasteiger partial charge in [-0.25, -0.2) is 18.4 Å². The molecule has 0 bridgehead atoms. The van der Waals surface area contributed by atoms with Crippen LogP contribution in [0.5, 0.6) is 0 Å². The number of H-pyrrole nitrogens is 1. The van der Waals surface area contributed by atoms with E-state index in [2.05, 4.69) is 30.7 Å². The molecule has 0 amide bonds. The van der Waals surface area contributed by atoms with Gasteiger partial charge in [0.25, 0.3) is 0 Å². The lowest BCUT2D eigenvalue weighted by atomic mass is 10.0. The van der Waals surface area contributed by atoms with E-state index < -0.39 is 9.84 Å². The Labute approximate surface area is 177 Å². The summed E-state index contributed by atoms with van der Waals surface area (Å²) >= 11 is 0.